The van der Waals surface area contributed by atoms with E-state index in [1.165, 1.54) is 0 Å². The third-order valence-corrected chi connectivity index (χ3v) is 5.65. The molecule has 0 unspecified atom stereocenters. The zero-order chi connectivity index (χ0) is 22.5. The van der Waals surface area contributed by atoms with Gasteiger partial charge in [0.25, 0.3) is 11.5 Å². The van der Waals surface area contributed by atoms with Gasteiger partial charge in [-0.25, -0.2) is 4.98 Å². The smallest absolute Gasteiger partial charge is 0.263 e. The van der Waals surface area contributed by atoms with E-state index in [0.717, 1.165) is 36.2 Å². The van der Waals surface area contributed by atoms with E-state index in [1.807, 2.05) is 59.2 Å². The van der Waals surface area contributed by atoms with E-state index in [9.17, 15) is 9.59 Å². The van der Waals surface area contributed by atoms with Crippen LogP contribution in [-0.4, -0.2) is 45.0 Å². The molecular formula is C25H27N5O2. The lowest BCUT2D eigenvalue weighted by Gasteiger charge is -2.19. The molecule has 0 aliphatic heterocycles. The SMILES string of the molecule is CCN(CC)CCn1c(NC(=O)c2ccc(-c3ccccc3)[nH]c2=O)nc2ccccc21. The van der Waals surface area contributed by atoms with E-state index in [1.54, 1.807) is 12.1 Å². The maximum absolute atomic E-state index is 13.0. The highest BCUT2D eigenvalue weighted by Crippen LogP contribution is 2.20. The minimum atomic E-state index is -0.481. The largest absolute Gasteiger partial charge is 0.321 e. The van der Waals surface area contributed by atoms with Crippen molar-refractivity contribution in [1.29, 1.82) is 0 Å². The molecule has 7 nitrogen and oxygen atoms in total. The van der Waals surface area contributed by atoms with Crippen LogP contribution in [0.3, 0.4) is 0 Å². The van der Waals surface area contributed by atoms with Crippen molar-refractivity contribution in [3.63, 3.8) is 0 Å². The Kier molecular flexibility index (Phi) is 6.47. The fraction of sp³-hybridized carbons (Fsp3) is 0.240. The summed E-state index contributed by atoms with van der Waals surface area (Å²) in [5.41, 5.74) is 2.91. The van der Waals surface area contributed by atoms with Crippen LogP contribution >= 0.6 is 0 Å². The fourth-order valence-electron chi connectivity index (χ4n) is 3.79. The van der Waals surface area contributed by atoms with Gasteiger partial charge in [-0.15, -0.1) is 0 Å². The monoisotopic (exact) mass is 429 g/mol. The van der Waals surface area contributed by atoms with Gasteiger partial charge in [-0.1, -0.05) is 56.3 Å². The maximum Gasteiger partial charge on any atom is 0.263 e. The van der Waals surface area contributed by atoms with Crippen LogP contribution in [0.1, 0.15) is 24.2 Å². The van der Waals surface area contributed by atoms with Gasteiger partial charge in [-0.3, -0.25) is 14.9 Å². The molecule has 0 aliphatic rings. The number of likely N-dealkylation sites (N-methyl/N-ethyl adjacent to an activating group) is 1. The number of amides is 1. The number of hydrogen-bond acceptors (Lipinski definition) is 4. The van der Waals surface area contributed by atoms with Crippen LogP contribution in [0.4, 0.5) is 5.95 Å². The van der Waals surface area contributed by atoms with Gasteiger partial charge in [0, 0.05) is 18.8 Å². The lowest BCUT2D eigenvalue weighted by molar-refractivity contribution is 0.102. The van der Waals surface area contributed by atoms with Gasteiger partial charge in [0.1, 0.15) is 5.56 Å². The lowest BCUT2D eigenvalue weighted by atomic mass is 10.1. The molecule has 0 fully saturated rings. The van der Waals surface area contributed by atoms with Crippen LogP contribution in [0.15, 0.2) is 71.5 Å². The van der Waals surface area contributed by atoms with E-state index in [2.05, 4.69) is 34.0 Å². The molecule has 0 aliphatic carbocycles. The molecule has 164 valence electrons. The Bertz CT molecular complexity index is 1270. The van der Waals surface area contributed by atoms with Crippen molar-refractivity contribution in [1.82, 2.24) is 19.4 Å². The van der Waals surface area contributed by atoms with E-state index in [-0.39, 0.29) is 5.56 Å². The summed E-state index contributed by atoms with van der Waals surface area (Å²) in [6, 6.07) is 20.6. The molecule has 0 radical (unpaired) electrons. The number of para-hydroxylation sites is 2. The van der Waals surface area contributed by atoms with E-state index in [0.29, 0.717) is 18.2 Å². The molecule has 1 amide bonds. The fourth-order valence-corrected chi connectivity index (χ4v) is 3.79. The number of carbonyl (C=O) groups is 1. The van der Waals surface area contributed by atoms with Crippen LogP contribution < -0.4 is 10.9 Å². The summed E-state index contributed by atoms with van der Waals surface area (Å²) >= 11 is 0. The van der Waals surface area contributed by atoms with Gasteiger partial charge < -0.3 is 14.5 Å². The maximum atomic E-state index is 13.0. The summed E-state index contributed by atoms with van der Waals surface area (Å²) in [4.78, 5) is 35.3. The predicted molar refractivity (Wildman–Crippen MR) is 128 cm³/mol. The number of aromatic amines is 1. The van der Waals surface area contributed by atoms with Crippen LogP contribution in [0.25, 0.3) is 22.3 Å². The molecule has 7 heteroatoms. The summed E-state index contributed by atoms with van der Waals surface area (Å²) < 4.78 is 2.00. The molecule has 0 saturated carbocycles. The highest BCUT2D eigenvalue weighted by Gasteiger charge is 2.17. The predicted octanol–water partition coefficient (Wildman–Crippen LogP) is 3.99. The average molecular weight is 430 g/mol. The van der Waals surface area contributed by atoms with Gasteiger partial charge >= 0.3 is 0 Å². The third kappa shape index (κ3) is 4.48. The highest BCUT2D eigenvalue weighted by atomic mass is 16.2. The molecule has 4 rings (SSSR count). The number of nitrogens with one attached hydrogen (secondary N) is 2. The van der Waals surface area contributed by atoms with Gasteiger partial charge in [-0.2, -0.15) is 0 Å². The number of aromatic nitrogens is 3. The second kappa shape index (κ2) is 9.62. The molecule has 0 atom stereocenters. The van der Waals surface area contributed by atoms with Crippen molar-refractivity contribution >= 4 is 22.9 Å². The van der Waals surface area contributed by atoms with Crippen molar-refractivity contribution < 1.29 is 4.79 Å². The lowest BCUT2D eigenvalue weighted by Crippen LogP contribution is -2.28. The van der Waals surface area contributed by atoms with Crippen molar-refractivity contribution in [2.24, 2.45) is 0 Å². The number of pyridine rings is 1. The number of imidazole rings is 1. The van der Waals surface area contributed by atoms with Gasteiger partial charge in [0.2, 0.25) is 5.95 Å². The number of rotatable bonds is 8. The van der Waals surface area contributed by atoms with Gasteiger partial charge in [-0.05, 0) is 42.9 Å². The minimum absolute atomic E-state index is 0.0482. The van der Waals surface area contributed by atoms with E-state index < -0.39 is 11.5 Å². The minimum Gasteiger partial charge on any atom is -0.321 e. The molecule has 0 saturated heterocycles. The number of hydrogen-bond donors (Lipinski definition) is 2. The van der Waals surface area contributed by atoms with Crippen molar-refractivity contribution in [3.05, 3.63) is 82.6 Å². The van der Waals surface area contributed by atoms with Crippen LogP contribution in [0.5, 0.6) is 0 Å². The Morgan fingerprint density at radius 2 is 1.72 bits per heavy atom. The summed E-state index contributed by atoms with van der Waals surface area (Å²) in [7, 11) is 0. The summed E-state index contributed by atoms with van der Waals surface area (Å²) in [5.74, 6) is -0.0415. The number of benzene rings is 2. The normalized spacial score (nSPS) is 11.2. The Labute approximate surface area is 186 Å². The first-order chi connectivity index (χ1) is 15.6. The van der Waals surface area contributed by atoms with Gasteiger partial charge in [0.15, 0.2) is 0 Å². The molecule has 2 N–H and O–H groups in total. The number of carbonyl (C=O) groups excluding carboxylic acids is 1. The quantitative estimate of drug-likeness (QED) is 0.444. The molecule has 4 aromatic rings. The Morgan fingerprint density at radius 1 is 1.00 bits per heavy atom. The molecule has 2 aromatic heterocycles. The third-order valence-electron chi connectivity index (χ3n) is 5.65. The highest BCUT2D eigenvalue weighted by molar-refractivity contribution is 6.04. The Morgan fingerprint density at radius 3 is 2.44 bits per heavy atom. The number of H-pyrrole nitrogens is 1. The topological polar surface area (TPSA) is 83.0 Å². The zero-order valence-corrected chi connectivity index (χ0v) is 18.3. The summed E-state index contributed by atoms with van der Waals surface area (Å²) in [6.45, 7) is 7.68. The van der Waals surface area contributed by atoms with Crippen molar-refractivity contribution in [2.75, 3.05) is 25.0 Å². The number of fused-ring (bicyclic) bond motifs is 1. The molecule has 0 bridgehead atoms. The summed E-state index contributed by atoms with van der Waals surface area (Å²) in [6.07, 6.45) is 0. The van der Waals surface area contributed by atoms with E-state index in [4.69, 9.17) is 0 Å². The first-order valence-electron chi connectivity index (χ1n) is 10.9. The van der Waals surface area contributed by atoms with Crippen LogP contribution in [-0.2, 0) is 6.54 Å². The second-order valence-electron chi connectivity index (χ2n) is 7.54. The standard InChI is InChI=1S/C25H27N5O2/c1-3-29(4-2)16-17-30-22-13-9-8-12-21(22)27-25(30)28-24(32)19-14-15-20(26-23(19)31)18-10-6-5-7-11-18/h5-15H,3-4,16-17H2,1-2H3,(H,26,31)(H,27,28,32). The zero-order valence-electron chi connectivity index (χ0n) is 18.3. The average Bonchev–Trinajstić information content (AvgIpc) is 3.17. The first kappa shape index (κ1) is 21.5. The molecule has 32 heavy (non-hydrogen) atoms. The van der Waals surface area contributed by atoms with Gasteiger partial charge in [0.05, 0.1) is 11.0 Å². The summed E-state index contributed by atoms with van der Waals surface area (Å²) in [5, 5.41) is 2.85. The molecular weight excluding hydrogens is 402 g/mol. The number of nitrogens with zero attached hydrogens (tertiary/aromatic N) is 3. The van der Waals surface area contributed by atoms with E-state index >= 15 is 0 Å². The van der Waals surface area contributed by atoms with Crippen LogP contribution in [0.2, 0.25) is 0 Å². The van der Waals surface area contributed by atoms with Crippen molar-refractivity contribution in [3.8, 4) is 11.3 Å². The number of anilines is 1. The van der Waals surface area contributed by atoms with Crippen molar-refractivity contribution in [2.45, 2.75) is 20.4 Å². The Balaban J connectivity index is 1.61. The molecule has 2 aromatic carbocycles. The Hall–Kier alpha value is -3.71. The first-order valence-corrected chi connectivity index (χ1v) is 10.9. The van der Waals surface area contributed by atoms with Crippen LogP contribution in [0, 0.1) is 0 Å². The molecule has 0 spiro atoms. The molecule has 2 heterocycles. The second-order valence-corrected chi connectivity index (χ2v) is 7.54.